The lowest BCUT2D eigenvalue weighted by molar-refractivity contribution is 0.0726. The molecule has 0 saturated carbocycles. The molecule has 2 amide bonds. The van der Waals surface area contributed by atoms with E-state index in [2.05, 4.69) is 20.4 Å². The molecule has 8 nitrogen and oxygen atoms in total. The van der Waals surface area contributed by atoms with E-state index in [-0.39, 0.29) is 17.6 Å². The SMILES string of the molecule is O=C(Nc1ncc(-c2cccc3c(C(=O)N4CCCCC4)cnn23)cc1Cl)c1cccnc1. The summed E-state index contributed by atoms with van der Waals surface area (Å²) >= 11 is 6.44. The summed E-state index contributed by atoms with van der Waals surface area (Å²) in [4.78, 5) is 35.6. The van der Waals surface area contributed by atoms with Gasteiger partial charge in [-0.3, -0.25) is 14.6 Å². The van der Waals surface area contributed by atoms with Crippen LogP contribution in [0.5, 0.6) is 0 Å². The number of hydrogen-bond donors (Lipinski definition) is 1. The van der Waals surface area contributed by atoms with E-state index in [1.54, 1.807) is 41.3 Å². The van der Waals surface area contributed by atoms with Gasteiger partial charge in [-0.25, -0.2) is 9.50 Å². The number of pyridine rings is 3. The fraction of sp³-hybridized carbons (Fsp3) is 0.208. The van der Waals surface area contributed by atoms with Crippen LogP contribution in [0.3, 0.4) is 0 Å². The number of rotatable bonds is 4. The minimum Gasteiger partial charge on any atom is -0.339 e. The van der Waals surface area contributed by atoms with Gasteiger partial charge in [0.15, 0.2) is 5.82 Å². The van der Waals surface area contributed by atoms with Crippen molar-refractivity contribution in [3.63, 3.8) is 0 Å². The molecule has 9 heteroatoms. The first-order valence-electron chi connectivity index (χ1n) is 10.7. The number of fused-ring (bicyclic) bond motifs is 1. The molecule has 0 spiro atoms. The smallest absolute Gasteiger partial charge is 0.258 e. The van der Waals surface area contributed by atoms with Crippen LogP contribution in [0.15, 0.2) is 61.2 Å². The summed E-state index contributed by atoms with van der Waals surface area (Å²) in [5.74, 6) is -0.0883. The summed E-state index contributed by atoms with van der Waals surface area (Å²) in [7, 11) is 0. The number of aromatic nitrogens is 4. The molecule has 0 bridgehead atoms. The predicted octanol–water partition coefficient (Wildman–Crippen LogP) is 4.32. The minimum atomic E-state index is -0.347. The molecule has 1 aliphatic rings. The molecule has 4 aromatic rings. The average molecular weight is 461 g/mol. The van der Waals surface area contributed by atoms with Crippen LogP contribution in [0, 0.1) is 0 Å². The monoisotopic (exact) mass is 460 g/mol. The first kappa shape index (κ1) is 21.1. The van der Waals surface area contributed by atoms with E-state index in [0.29, 0.717) is 21.7 Å². The zero-order chi connectivity index (χ0) is 22.8. The number of halogens is 1. The molecule has 0 unspecified atom stereocenters. The third-order valence-corrected chi connectivity index (χ3v) is 6.00. The van der Waals surface area contributed by atoms with Gasteiger partial charge in [0.2, 0.25) is 0 Å². The Morgan fingerprint density at radius 2 is 1.85 bits per heavy atom. The first-order chi connectivity index (χ1) is 16.1. The molecule has 5 heterocycles. The first-order valence-corrected chi connectivity index (χ1v) is 11.1. The van der Waals surface area contributed by atoms with Gasteiger partial charge in [0.1, 0.15) is 0 Å². The van der Waals surface area contributed by atoms with Crippen molar-refractivity contribution < 1.29 is 9.59 Å². The number of carbonyl (C=O) groups excluding carboxylic acids is 2. The number of nitrogens with one attached hydrogen (secondary N) is 1. The summed E-state index contributed by atoms with van der Waals surface area (Å²) in [5.41, 5.74) is 3.17. The lowest BCUT2D eigenvalue weighted by Gasteiger charge is -2.26. The zero-order valence-electron chi connectivity index (χ0n) is 17.7. The Labute approximate surface area is 195 Å². The number of likely N-dealkylation sites (tertiary alicyclic amines) is 1. The van der Waals surface area contributed by atoms with Crippen molar-refractivity contribution >= 4 is 34.7 Å². The highest BCUT2D eigenvalue weighted by molar-refractivity contribution is 6.33. The van der Waals surface area contributed by atoms with E-state index in [9.17, 15) is 9.59 Å². The van der Waals surface area contributed by atoms with Gasteiger partial charge in [-0.15, -0.1) is 0 Å². The lowest BCUT2D eigenvalue weighted by atomic mass is 10.1. The number of amides is 2. The highest BCUT2D eigenvalue weighted by Crippen LogP contribution is 2.28. The Hall–Kier alpha value is -3.78. The van der Waals surface area contributed by atoms with Crippen LogP contribution in [0.25, 0.3) is 16.8 Å². The number of piperidine rings is 1. The molecular formula is C24H21ClN6O2. The van der Waals surface area contributed by atoms with Gasteiger partial charge in [0.05, 0.1) is 33.6 Å². The van der Waals surface area contributed by atoms with Crippen LogP contribution in [0.4, 0.5) is 5.82 Å². The largest absolute Gasteiger partial charge is 0.339 e. The summed E-state index contributed by atoms with van der Waals surface area (Å²) in [6, 6.07) is 10.7. The fourth-order valence-corrected chi connectivity index (χ4v) is 4.22. The predicted molar refractivity (Wildman–Crippen MR) is 125 cm³/mol. The Balaban J connectivity index is 1.43. The van der Waals surface area contributed by atoms with E-state index in [4.69, 9.17) is 11.6 Å². The second-order valence-electron chi connectivity index (χ2n) is 7.87. The van der Waals surface area contributed by atoms with Gasteiger partial charge in [0.25, 0.3) is 11.8 Å². The number of nitrogens with zero attached hydrogens (tertiary/aromatic N) is 5. The summed E-state index contributed by atoms with van der Waals surface area (Å²) in [5, 5.41) is 7.47. The summed E-state index contributed by atoms with van der Waals surface area (Å²) in [6.07, 6.45) is 9.53. The standard InChI is InChI=1S/C24H21ClN6O2/c25-19-12-17(14-27-22(19)29-23(32)16-6-5-9-26-13-16)20-7-4-8-21-18(15-28-31(20)21)24(33)30-10-2-1-3-11-30/h4-9,12-15H,1-3,10-11H2,(H,27,29,32). The molecule has 166 valence electrons. The molecule has 0 radical (unpaired) electrons. The van der Waals surface area contributed by atoms with Crippen molar-refractivity contribution in [3.05, 3.63) is 77.3 Å². The number of hydrogen-bond acceptors (Lipinski definition) is 5. The number of carbonyl (C=O) groups is 2. The van der Waals surface area contributed by atoms with Crippen molar-refractivity contribution in [1.29, 1.82) is 0 Å². The van der Waals surface area contributed by atoms with Crippen molar-refractivity contribution in [3.8, 4) is 11.3 Å². The van der Waals surface area contributed by atoms with Crippen LogP contribution >= 0.6 is 11.6 Å². The molecule has 0 aliphatic carbocycles. The molecule has 1 saturated heterocycles. The third kappa shape index (κ3) is 4.17. The maximum atomic E-state index is 13.0. The Morgan fingerprint density at radius 1 is 1.00 bits per heavy atom. The molecule has 5 rings (SSSR count). The quantitative estimate of drug-likeness (QED) is 0.489. The van der Waals surface area contributed by atoms with Crippen LogP contribution in [-0.2, 0) is 0 Å². The van der Waals surface area contributed by atoms with E-state index < -0.39 is 0 Å². The maximum Gasteiger partial charge on any atom is 0.258 e. The van der Waals surface area contributed by atoms with Crippen molar-refractivity contribution in [2.45, 2.75) is 19.3 Å². The second-order valence-corrected chi connectivity index (χ2v) is 8.28. The van der Waals surface area contributed by atoms with Gasteiger partial charge in [0, 0.05) is 37.2 Å². The minimum absolute atomic E-state index is 0.00599. The summed E-state index contributed by atoms with van der Waals surface area (Å²) in [6.45, 7) is 1.56. The summed E-state index contributed by atoms with van der Waals surface area (Å²) < 4.78 is 1.72. The van der Waals surface area contributed by atoms with Crippen LogP contribution in [0.1, 0.15) is 40.0 Å². The maximum absolute atomic E-state index is 13.0. The molecule has 0 aromatic carbocycles. The van der Waals surface area contributed by atoms with Gasteiger partial charge in [-0.2, -0.15) is 5.10 Å². The fourth-order valence-electron chi connectivity index (χ4n) is 4.01. The van der Waals surface area contributed by atoms with E-state index >= 15 is 0 Å². The van der Waals surface area contributed by atoms with E-state index in [1.807, 2.05) is 23.1 Å². The van der Waals surface area contributed by atoms with Gasteiger partial charge in [-0.1, -0.05) is 17.7 Å². The molecule has 33 heavy (non-hydrogen) atoms. The van der Waals surface area contributed by atoms with Crippen molar-refractivity contribution in [2.24, 2.45) is 0 Å². The molecule has 1 N–H and O–H groups in total. The molecule has 0 atom stereocenters. The second kappa shape index (κ2) is 8.99. The Morgan fingerprint density at radius 3 is 2.61 bits per heavy atom. The Kier molecular flexibility index (Phi) is 5.75. The van der Waals surface area contributed by atoms with Gasteiger partial charge < -0.3 is 10.2 Å². The Bertz CT molecular complexity index is 1330. The average Bonchev–Trinajstić information content (AvgIpc) is 3.30. The number of anilines is 1. The van der Waals surface area contributed by atoms with Gasteiger partial charge in [-0.05, 0) is 49.6 Å². The zero-order valence-corrected chi connectivity index (χ0v) is 18.5. The van der Waals surface area contributed by atoms with Crippen LogP contribution in [0.2, 0.25) is 5.02 Å². The topological polar surface area (TPSA) is 92.5 Å². The van der Waals surface area contributed by atoms with Crippen molar-refractivity contribution in [2.75, 3.05) is 18.4 Å². The molecule has 4 aromatic heterocycles. The lowest BCUT2D eigenvalue weighted by Crippen LogP contribution is -2.35. The molecule has 1 aliphatic heterocycles. The van der Waals surface area contributed by atoms with Crippen LogP contribution in [-0.4, -0.2) is 49.4 Å². The van der Waals surface area contributed by atoms with E-state index in [0.717, 1.165) is 43.6 Å². The normalized spacial score (nSPS) is 13.8. The molecule has 1 fully saturated rings. The molecular weight excluding hydrogens is 440 g/mol. The highest BCUT2D eigenvalue weighted by atomic mass is 35.5. The van der Waals surface area contributed by atoms with E-state index in [1.165, 1.54) is 6.20 Å². The van der Waals surface area contributed by atoms with Crippen LogP contribution < -0.4 is 5.32 Å². The van der Waals surface area contributed by atoms with Crippen molar-refractivity contribution in [1.82, 2.24) is 24.5 Å². The third-order valence-electron chi connectivity index (χ3n) is 5.71. The van der Waals surface area contributed by atoms with Gasteiger partial charge >= 0.3 is 0 Å². The highest BCUT2D eigenvalue weighted by Gasteiger charge is 2.22.